The molecule has 18 heavy (non-hydrogen) atoms. The van der Waals surface area contributed by atoms with Gasteiger partial charge < -0.3 is 10.3 Å². The van der Waals surface area contributed by atoms with Crippen LogP contribution in [0.2, 0.25) is 0 Å². The minimum atomic E-state index is -0.572. The van der Waals surface area contributed by atoms with E-state index in [9.17, 15) is 4.79 Å². The van der Waals surface area contributed by atoms with Crippen LogP contribution in [-0.2, 0) is 5.54 Å². The summed E-state index contributed by atoms with van der Waals surface area (Å²) in [4.78, 5) is 19.4. The molecule has 6 heteroatoms. The van der Waals surface area contributed by atoms with Crippen molar-refractivity contribution in [3.63, 3.8) is 0 Å². The lowest BCUT2D eigenvalue weighted by molar-refractivity contribution is 0.0996. The first-order valence-corrected chi connectivity index (χ1v) is 5.90. The molecule has 5 nitrogen and oxygen atoms in total. The van der Waals surface area contributed by atoms with Gasteiger partial charge in [-0.3, -0.25) is 4.79 Å². The molecule has 2 aromatic heterocycles. The van der Waals surface area contributed by atoms with Crippen LogP contribution in [0.3, 0.4) is 0 Å². The molecule has 0 unspecified atom stereocenters. The van der Waals surface area contributed by atoms with Crippen LogP contribution >= 0.6 is 12.2 Å². The highest BCUT2D eigenvalue weighted by Gasteiger charge is 2.15. The van der Waals surface area contributed by atoms with E-state index in [4.69, 9.17) is 18.0 Å². The van der Waals surface area contributed by atoms with Gasteiger partial charge in [0.25, 0.3) is 5.91 Å². The van der Waals surface area contributed by atoms with Crippen LogP contribution < -0.4 is 5.73 Å². The van der Waals surface area contributed by atoms with Crippen molar-refractivity contribution in [2.45, 2.75) is 26.3 Å². The van der Waals surface area contributed by atoms with Crippen LogP contribution in [0.1, 0.15) is 31.3 Å². The number of fused-ring (bicyclic) bond motifs is 1. The Kier molecular flexibility index (Phi) is 2.90. The molecule has 94 valence electrons. The first-order chi connectivity index (χ1) is 8.30. The van der Waals surface area contributed by atoms with Gasteiger partial charge in [-0.1, -0.05) is 12.2 Å². The van der Waals surface area contributed by atoms with E-state index in [0.29, 0.717) is 10.3 Å². The van der Waals surface area contributed by atoms with E-state index in [2.05, 4.69) is 9.97 Å². The van der Waals surface area contributed by atoms with E-state index in [1.165, 1.54) is 0 Å². The van der Waals surface area contributed by atoms with Gasteiger partial charge >= 0.3 is 0 Å². The van der Waals surface area contributed by atoms with Crippen LogP contribution in [0.4, 0.5) is 0 Å². The number of primary amides is 1. The van der Waals surface area contributed by atoms with Gasteiger partial charge in [-0.05, 0) is 32.9 Å². The van der Waals surface area contributed by atoms with E-state index in [1.807, 2.05) is 25.3 Å². The third-order valence-electron chi connectivity index (χ3n) is 2.59. The predicted molar refractivity (Wildman–Crippen MR) is 71.9 cm³/mol. The molecule has 0 saturated carbocycles. The van der Waals surface area contributed by atoms with Gasteiger partial charge in [-0.25, -0.2) is 9.97 Å². The van der Waals surface area contributed by atoms with Crippen molar-refractivity contribution in [3.05, 3.63) is 28.8 Å². The zero-order valence-corrected chi connectivity index (χ0v) is 11.3. The van der Waals surface area contributed by atoms with Crippen LogP contribution in [0.25, 0.3) is 11.0 Å². The Morgan fingerprint density at radius 1 is 1.39 bits per heavy atom. The SMILES string of the molecule is CC(C)(C)n1cnc2nc(C(N)=O)ccc2c1=S. The molecule has 0 radical (unpaired) electrons. The number of nitrogens with two attached hydrogens (primary N) is 1. The fourth-order valence-corrected chi connectivity index (χ4v) is 2.10. The van der Waals surface area contributed by atoms with Crippen LogP contribution in [0.5, 0.6) is 0 Å². The minimum Gasteiger partial charge on any atom is -0.364 e. The molecule has 0 atom stereocenters. The van der Waals surface area contributed by atoms with Crippen LogP contribution in [-0.4, -0.2) is 20.4 Å². The van der Waals surface area contributed by atoms with E-state index < -0.39 is 5.91 Å². The van der Waals surface area contributed by atoms with E-state index in [1.54, 1.807) is 18.5 Å². The van der Waals surface area contributed by atoms with Crippen molar-refractivity contribution in [1.29, 1.82) is 0 Å². The summed E-state index contributed by atoms with van der Waals surface area (Å²) >= 11 is 5.42. The Labute approximate surface area is 110 Å². The normalized spacial score (nSPS) is 11.7. The number of pyridine rings is 1. The zero-order valence-electron chi connectivity index (χ0n) is 10.5. The molecule has 0 aliphatic heterocycles. The summed E-state index contributed by atoms with van der Waals surface area (Å²) in [7, 11) is 0. The van der Waals surface area contributed by atoms with Crippen molar-refractivity contribution in [3.8, 4) is 0 Å². The van der Waals surface area contributed by atoms with Gasteiger partial charge in [0.15, 0.2) is 5.65 Å². The molecule has 1 amide bonds. The van der Waals surface area contributed by atoms with Crippen molar-refractivity contribution in [2.24, 2.45) is 5.73 Å². The van der Waals surface area contributed by atoms with Crippen molar-refractivity contribution in [1.82, 2.24) is 14.5 Å². The maximum absolute atomic E-state index is 11.1. The number of hydrogen-bond donors (Lipinski definition) is 1. The second-order valence-corrected chi connectivity index (χ2v) is 5.41. The van der Waals surface area contributed by atoms with Gasteiger partial charge in [-0.2, -0.15) is 0 Å². The average Bonchev–Trinajstić information content (AvgIpc) is 2.27. The number of carbonyl (C=O) groups excluding carboxylic acids is 1. The Balaban J connectivity index is 2.75. The fourth-order valence-electron chi connectivity index (χ4n) is 1.62. The van der Waals surface area contributed by atoms with Gasteiger partial charge in [0.2, 0.25) is 0 Å². The molecule has 2 aromatic rings. The van der Waals surface area contributed by atoms with Crippen molar-refractivity contribution < 1.29 is 4.79 Å². The molecule has 2 N–H and O–H groups in total. The quantitative estimate of drug-likeness (QED) is 0.798. The lowest BCUT2D eigenvalue weighted by atomic mass is 10.1. The Hall–Kier alpha value is -1.82. The number of nitrogens with zero attached hydrogens (tertiary/aromatic N) is 3. The Morgan fingerprint density at radius 3 is 2.61 bits per heavy atom. The molecule has 0 aliphatic rings. The molecule has 0 fully saturated rings. The largest absolute Gasteiger partial charge is 0.364 e. The number of rotatable bonds is 1. The molecule has 2 rings (SSSR count). The third-order valence-corrected chi connectivity index (χ3v) is 3.01. The standard InChI is InChI=1S/C12H14N4OS/c1-12(2,3)16-6-14-10-7(11(16)18)4-5-8(15-10)9(13)17/h4-6H,1-3H3,(H2,13,17). The minimum absolute atomic E-state index is 0.152. The number of carbonyl (C=O) groups is 1. The number of amides is 1. The second-order valence-electron chi connectivity index (χ2n) is 5.02. The maximum Gasteiger partial charge on any atom is 0.267 e. The second kappa shape index (κ2) is 4.13. The summed E-state index contributed by atoms with van der Waals surface area (Å²) in [6.07, 6.45) is 1.64. The van der Waals surface area contributed by atoms with Crippen molar-refractivity contribution >= 4 is 29.2 Å². The highest BCUT2D eigenvalue weighted by molar-refractivity contribution is 7.71. The average molecular weight is 262 g/mol. The smallest absolute Gasteiger partial charge is 0.267 e. The summed E-state index contributed by atoms with van der Waals surface area (Å²) in [5, 5.41) is 0.743. The van der Waals surface area contributed by atoms with Crippen LogP contribution in [0, 0.1) is 4.64 Å². The molecular weight excluding hydrogens is 248 g/mol. The maximum atomic E-state index is 11.1. The summed E-state index contributed by atoms with van der Waals surface area (Å²) in [6.45, 7) is 6.13. The fraction of sp³-hybridized carbons (Fsp3) is 0.333. The van der Waals surface area contributed by atoms with Gasteiger partial charge in [0.1, 0.15) is 10.3 Å². The highest BCUT2D eigenvalue weighted by atomic mass is 32.1. The number of aromatic nitrogens is 3. The molecule has 0 spiro atoms. The van der Waals surface area contributed by atoms with Crippen LogP contribution in [0.15, 0.2) is 18.5 Å². The molecule has 0 aromatic carbocycles. The molecule has 0 aliphatic carbocycles. The first-order valence-electron chi connectivity index (χ1n) is 5.49. The van der Waals surface area contributed by atoms with Crippen molar-refractivity contribution in [2.75, 3.05) is 0 Å². The summed E-state index contributed by atoms with van der Waals surface area (Å²) in [5.41, 5.74) is 5.66. The number of hydrogen-bond acceptors (Lipinski definition) is 4. The molecular formula is C12H14N4OS. The summed E-state index contributed by atoms with van der Waals surface area (Å²) in [6, 6.07) is 3.30. The van der Waals surface area contributed by atoms with Gasteiger partial charge in [0, 0.05) is 5.54 Å². The molecule has 0 saturated heterocycles. The summed E-state index contributed by atoms with van der Waals surface area (Å²) < 4.78 is 2.55. The Bertz CT molecular complexity index is 685. The van der Waals surface area contributed by atoms with Gasteiger partial charge in [0.05, 0.1) is 11.7 Å². The molecule has 0 bridgehead atoms. The third kappa shape index (κ3) is 2.11. The molecule has 2 heterocycles. The van der Waals surface area contributed by atoms with E-state index in [0.717, 1.165) is 5.39 Å². The predicted octanol–water partition coefficient (Wildman–Crippen LogP) is 2.01. The van der Waals surface area contributed by atoms with Gasteiger partial charge in [-0.15, -0.1) is 0 Å². The topological polar surface area (TPSA) is 73.8 Å². The highest BCUT2D eigenvalue weighted by Crippen LogP contribution is 2.19. The van der Waals surface area contributed by atoms with E-state index in [-0.39, 0.29) is 11.2 Å². The first kappa shape index (κ1) is 12.6. The lowest BCUT2D eigenvalue weighted by Crippen LogP contribution is -2.23. The zero-order chi connectivity index (χ0) is 13.5. The lowest BCUT2D eigenvalue weighted by Gasteiger charge is -2.23. The summed E-state index contributed by atoms with van der Waals surface area (Å²) in [5.74, 6) is -0.572. The monoisotopic (exact) mass is 262 g/mol. The Morgan fingerprint density at radius 2 is 2.06 bits per heavy atom. The van der Waals surface area contributed by atoms with E-state index >= 15 is 0 Å².